The number of benzene rings is 2. The topological polar surface area (TPSA) is 119 Å². The minimum absolute atomic E-state index is 0.0662. The number of nitrogens with zero attached hydrogens (tertiary/aromatic N) is 1. The number of primary amides is 1. The molecule has 0 fully saturated rings. The van der Waals surface area contributed by atoms with Gasteiger partial charge in [-0.05, 0) is 36.1 Å². The van der Waals surface area contributed by atoms with Gasteiger partial charge in [0.05, 0.1) is 11.8 Å². The van der Waals surface area contributed by atoms with E-state index in [2.05, 4.69) is 5.16 Å². The zero-order valence-corrected chi connectivity index (χ0v) is 18.1. The molecule has 2 aromatic carbocycles. The first-order chi connectivity index (χ1) is 14.5. The monoisotopic (exact) mass is 448 g/mol. The minimum Gasteiger partial charge on any atom is -0.393 e. The van der Waals surface area contributed by atoms with E-state index in [1.165, 1.54) is 6.07 Å². The summed E-state index contributed by atoms with van der Waals surface area (Å²) in [4.78, 5) is 16.8. The molecule has 3 N–H and O–H groups in total. The van der Waals surface area contributed by atoms with E-state index in [1.807, 2.05) is 0 Å². The molecule has 1 aliphatic rings. The maximum absolute atomic E-state index is 14.5. The fourth-order valence-corrected chi connectivity index (χ4v) is 4.56. The van der Waals surface area contributed by atoms with Gasteiger partial charge in [-0.15, -0.1) is 0 Å². The van der Waals surface area contributed by atoms with Gasteiger partial charge in [-0.3, -0.25) is 4.79 Å². The minimum atomic E-state index is -3.64. The lowest BCUT2D eigenvalue weighted by atomic mass is 9.97. The lowest BCUT2D eigenvalue weighted by Crippen LogP contribution is -2.38. The first-order valence-electron chi connectivity index (χ1n) is 9.82. The molecule has 9 heteroatoms. The first kappa shape index (κ1) is 22.9. The highest BCUT2D eigenvalue weighted by Crippen LogP contribution is 2.27. The molecule has 0 saturated carbocycles. The number of amides is 1. The van der Waals surface area contributed by atoms with Gasteiger partial charge in [0.25, 0.3) is 0 Å². The summed E-state index contributed by atoms with van der Waals surface area (Å²) in [6.07, 6.45) is 0.505. The molecule has 3 atom stereocenters. The average Bonchev–Trinajstić information content (AvgIpc) is 3.14. The summed E-state index contributed by atoms with van der Waals surface area (Å²) in [5.74, 6) is -1.28. The summed E-state index contributed by atoms with van der Waals surface area (Å²) in [6, 6.07) is 12.0. The largest absolute Gasteiger partial charge is 0.393 e. The molecule has 0 aliphatic carbocycles. The summed E-state index contributed by atoms with van der Waals surface area (Å²) in [6.45, 7) is 1.65. The van der Waals surface area contributed by atoms with Crippen molar-refractivity contribution in [2.75, 3.05) is 6.26 Å². The van der Waals surface area contributed by atoms with E-state index < -0.39 is 33.2 Å². The molecule has 1 aliphatic heterocycles. The Hall–Kier alpha value is -2.78. The molecule has 0 bridgehead atoms. The van der Waals surface area contributed by atoms with Crippen molar-refractivity contribution in [2.45, 2.75) is 43.6 Å². The Labute approximate surface area is 180 Å². The van der Waals surface area contributed by atoms with Crippen molar-refractivity contribution >= 4 is 21.5 Å². The van der Waals surface area contributed by atoms with Crippen molar-refractivity contribution < 1.29 is 27.5 Å². The molecule has 166 valence electrons. The molecule has 0 spiro atoms. The van der Waals surface area contributed by atoms with Crippen LogP contribution in [-0.2, 0) is 25.9 Å². The summed E-state index contributed by atoms with van der Waals surface area (Å²) in [5, 5.41) is 12.1. The smallest absolute Gasteiger partial charge is 0.235 e. The van der Waals surface area contributed by atoms with Gasteiger partial charge >= 0.3 is 0 Å². The maximum Gasteiger partial charge on any atom is 0.235 e. The fraction of sp³-hybridized carbons (Fsp3) is 0.364. The molecule has 3 unspecified atom stereocenters. The Balaban J connectivity index is 1.69. The van der Waals surface area contributed by atoms with E-state index in [0.29, 0.717) is 29.7 Å². The second-order valence-electron chi connectivity index (χ2n) is 7.87. The molecule has 2 aromatic rings. The lowest BCUT2D eigenvalue weighted by Gasteiger charge is -2.14. The Morgan fingerprint density at radius 2 is 1.90 bits per heavy atom. The highest BCUT2D eigenvalue weighted by molar-refractivity contribution is 7.92. The number of aliphatic hydroxyl groups excluding tert-OH is 1. The van der Waals surface area contributed by atoms with Gasteiger partial charge in [0.15, 0.2) is 9.84 Å². The summed E-state index contributed by atoms with van der Waals surface area (Å²) in [7, 11) is -3.64. The Morgan fingerprint density at radius 3 is 2.45 bits per heavy atom. The third-order valence-electron chi connectivity index (χ3n) is 5.14. The normalized spacial score (nSPS) is 18.2. The van der Waals surface area contributed by atoms with Crippen LogP contribution in [0.2, 0.25) is 0 Å². The number of carbonyl (C=O) groups is 1. The number of oxime groups is 1. The highest BCUT2D eigenvalue weighted by Gasteiger charge is 2.33. The van der Waals surface area contributed by atoms with Gasteiger partial charge < -0.3 is 15.7 Å². The van der Waals surface area contributed by atoms with Crippen LogP contribution in [0.1, 0.15) is 30.9 Å². The van der Waals surface area contributed by atoms with E-state index in [4.69, 9.17) is 10.6 Å². The van der Waals surface area contributed by atoms with Crippen molar-refractivity contribution in [3.8, 4) is 11.1 Å². The van der Waals surface area contributed by atoms with Gasteiger partial charge in [0, 0.05) is 24.7 Å². The van der Waals surface area contributed by atoms with Crippen LogP contribution in [0.25, 0.3) is 11.1 Å². The van der Waals surface area contributed by atoms with E-state index in [-0.39, 0.29) is 12.2 Å². The molecular weight excluding hydrogens is 423 g/mol. The second-order valence-corrected chi connectivity index (χ2v) is 10.1. The molecule has 1 amide bonds. The standard InChI is InChI=1S/C22H25FN2O5S/c1-13(26)9-14-3-8-18(19(23)10-14)15-4-6-16(7-5-15)20-11-17(30-25-20)12-21(22(24)27)31(2,28)29/h3-8,10,13,17,21,26H,9,11-12H2,1-2H3,(H2,24,27). The van der Waals surface area contributed by atoms with E-state index in [0.717, 1.165) is 17.4 Å². The van der Waals surface area contributed by atoms with Crippen LogP contribution >= 0.6 is 0 Å². The molecule has 3 rings (SSSR count). The number of rotatable bonds is 8. The molecule has 0 aromatic heterocycles. The zero-order chi connectivity index (χ0) is 22.8. The summed E-state index contributed by atoms with van der Waals surface area (Å²) in [5.41, 5.74) is 8.43. The van der Waals surface area contributed by atoms with Crippen LogP contribution in [0.15, 0.2) is 47.6 Å². The number of aliphatic hydroxyl groups is 1. The van der Waals surface area contributed by atoms with Crippen LogP contribution in [0, 0.1) is 5.82 Å². The molecule has 0 radical (unpaired) electrons. The number of hydrogen-bond donors (Lipinski definition) is 2. The van der Waals surface area contributed by atoms with Crippen molar-refractivity contribution in [1.29, 1.82) is 0 Å². The van der Waals surface area contributed by atoms with E-state index in [1.54, 1.807) is 43.3 Å². The quantitative estimate of drug-likeness (QED) is 0.642. The maximum atomic E-state index is 14.5. The summed E-state index contributed by atoms with van der Waals surface area (Å²) < 4.78 is 38.0. The number of nitrogens with two attached hydrogens (primary N) is 1. The second kappa shape index (κ2) is 9.15. The van der Waals surface area contributed by atoms with E-state index in [9.17, 15) is 22.7 Å². The van der Waals surface area contributed by atoms with Crippen molar-refractivity contribution in [3.63, 3.8) is 0 Å². The number of carbonyl (C=O) groups excluding carboxylic acids is 1. The zero-order valence-electron chi connectivity index (χ0n) is 17.3. The first-order valence-corrected chi connectivity index (χ1v) is 11.8. The summed E-state index contributed by atoms with van der Waals surface area (Å²) >= 11 is 0. The van der Waals surface area contributed by atoms with Crippen molar-refractivity contribution in [1.82, 2.24) is 0 Å². The molecule has 7 nitrogen and oxygen atoms in total. The van der Waals surface area contributed by atoms with Crippen molar-refractivity contribution in [3.05, 3.63) is 59.4 Å². The van der Waals surface area contributed by atoms with E-state index >= 15 is 0 Å². The number of hydrogen-bond acceptors (Lipinski definition) is 6. The SMILES string of the molecule is CC(O)Cc1ccc(-c2ccc(C3=NOC(CC(C(N)=O)S(C)(=O)=O)C3)cc2)c(F)c1. The van der Waals surface area contributed by atoms with Gasteiger partial charge in [0.1, 0.15) is 17.2 Å². The average molecular weight is 449 g/mol. The van der Waals surface area contributed by atoms with Crippen LogP contribution in [0.3, 0.4) is 0 Å². The molecule has 1 heterocycles. The number of sulfone groups is 1. The third-order valence-corrected chi connectivity index (χ3v) is 6.60. The lowest BCUT2D eigenvalue weighted by molar-refractivity contribution is -0.118. The van der Waals surface area contributed by atoms with Crippen LogP contribution in [0.4, 0.5) is 4.39 Å². The predicted molar refractivity (Wildman–Crippen MR) is 116 cm³/mol. The number of halogens is 1. The predicted octanol–water partition coefficient (Wildman–Crippen LogP) is 2.20. The van der Waals surface area contributed by atoms with Crippen LogP contribution in [0.5, 0.6) is 0 Å². The van der Waals surface area contributed by atoms with Crippen LogP contribution < -0.4 is 5.73 Å². The fourth-order valence-electron chi connectivity index (χ4n) is 3.57. The van der Waals surface area contributed by atoms with Crippen molar-refractivity contribution in [2.24, 2.45) is 10.9 Å². The third kappa shape index (κ3) is 5.68. The Morgan fingerprint density at radius 1 is 1.26 bits per heavy atom. The van der Waals surface area contributed by atoms with Gasteiger partial charge in [-0.1, -0.05) is 41.6 Å². The highest BCUT2D eigenvalue weighted by atomic mass is 32.2. The van der Waals surface area contributed by atoms with Crippen LogP contribution in [-0.4, -0.2) is 48.9 Å². The Kier molecular flexibility index (Phi) is 6.76. The van der Waals surface area contributed by atoms with Gasteiger partial charge in [0.2, 0.25) is 5.91 Å². The van der Waals surface area contributed by atoms with Gasteiger partial charge in [-0.25, -0.2) is 12.8 Å². The molecule has 0 saturated heterocycles. The Bertz CT molecular complexity index is 1100. The molecular formula is C22H25FN2O5S. The molecule has 31 heavy (non-hydrogen) atoms. The van der Waals surface area contributed by atoms with Gasteiger partial charge in [-0.2, -0.15) is 0 Å².